The average Bonchev–Trinajstić information content (AvgIpc) is 2.33. The van der Waals surface area contributed by atoms with Gasteiger partial charge in [-0.15, -0.1) is 11.8 Å². The molecule has 0 unspecified atom stereocenters. The molecule has 0 heterocycles. The van der Waals surface area contributed by atoms with E-state index in [1.165, 1.54) is 4.90 Å². The van der Waals surface area contributed by atoms with Crippen LogP contribution in [0.15, 0.2) is 29.2 Å². The molecule has 0 fully saturated rings. The molecule has 1 N–H and O–H groups in total. The highest BCUT2D eigenvalue weighted by atomic mass is 35.5. The van der Waals surface area contributed by atoms with Crippen LogP contribution in [0.3, 0.4) is 0 Å². The molecule has 0 amide bonds. The van der Waals surface area contributed by atoms with Crippen LogP contribution in [0, 0.1) is 0 Å². The smallest absolute Gasteiger partial charge is 0.0477 e. The van der Waals surface area contributed by atoms with E-state index in [1.807, 2.05) is 36.9 Å². The number of thioether (sulfide) groups is 1. The van der Waals surface area contributed by atoms with Crippen molar-refractivity contribution in [2.45, 2.75) is 18.2 Å². The summed E-state index contributed by atoms with van der Waals surface area (Å²) in [5.74, 6) is 1.06. The topological polar surface area (TPSA) is 21.3 Å². The fourth-order valence-electron chi connectivity index (χ4n) is 1.37. The lowest BCUT2D eigenvalue weighted by Crippen LogP contribution is -2.19. The molecular weight excluding hydrogens is 254 g/mol. The standard InChI is InChI=1S/C13H20ClNOS/c1-2-16-9-4-7-15-8-10-17-13-6-3-5-12(14)11-13/h3,5-6,11,15H,2,4,7-10H2,1H3. The fourth-order valence-corrected chi connectivity index (χ4v) is 2.49. The summed E-state index contributed by atoms with van der Waals surface area (Å²) < 4.78 is 5.26. The van der Waals surface area contributed by atoms with Crippen LogP contribution in [0.2, 0.25) is 5.02 Å². The van der Waals surface area contributed by atoms with Crippen LogP contribution in [0.1, 0.15) is 13.3 Å². The zero-order valence-electron chi connectivity index (χ0n) is 10.2. The highest BCUT2D eigenvalue weighted by molar-refractivity contribution is 7.99. The molecule has 0 atom stereocenters. The van der Waals surface area contributed by atoms with E-state index < -0.39 is 0 Å². The number of halogens is 1. The van der Waals surface area contributed by atoms with Crippen LogP contribution >= 0.6 is 23.4 Å². The van der Waals surface area contributed by atoms with Crippen molar-refractivity contribution >= 4 is 23.4 Å². The predicted molar refractivity (Wildman–Crippen MR) is 76.2 cm³/mol. The summed E-state index contributed by atoms with van der Waals surface area (Å²) in [5, 5.41) is 4.20. The van der Waals surface area contributed by atoms with Gasteiger partial charge in [-0.25, -0.2) is 0 Å². The van der Waals surface area contributed by atoms with Crippen LogP contribution < -0.4 is 5.32 Å². The van der Waals surface area contributed by atoms with Gasteiger partial charge in [0.15, 0.2) is 0 Å². The Hall–Kier alpha value is -0.220. The quantitative estimate of drug-likeness (QED) is 0.550. The molecule has 0 spiro atoms. The van der Waals surface area contributed by atoms with Crippen molar-refractivity contribution in [3.05, 3.63) is 29.3 Å². The number of benzene rings is 1. The second-order valence-electron chi connectivity index (χ2n) is 3.61. The monoisotopic (exact) mass is 273 g/mol. The summed E-state index contributed by atoms with van der Waals surface area (Å²) in [6.07, 6.45) is 1.08. The third-order valence-electron chi connectivity index (χ3n) is 2.19. The summed E-state index contributed by atoms with van der Waals surface area (Å²) in [6, 6.07) is 7.98. The van der Waals surface area contributed by atoms with Gasteiger partial charge in [-0.05, 0) is 38.1 Å². The minimum atomic E-state index is 0.805. The molecule has 0 radical (unpaired) electrons. The number of ether oxygens (including phenoxy) is 1. The van der Waals surface area contributed by atoms with Crippen molar-refractivity contribution in [2.75, 3.05) is 32.1 Å². The lowest BCUT2D eigenvalue weighted by Gasteiger charge is -2.05. The van der Waals surface area contributed by atoms with E-state index in [0.29, 0.717) is 0 Å². The van der Waals surface area contributed by atoms with Crippen LogP contribution in [-0.2, 0) is 4.74 Å². The minimum Gasteiger partial charge on any atom is -0.382 e. The molecule has 0 saturated heterocycles. The minimum absolute atomic E-state index is 0.805. The fraction of sp³-hybridized carbons (Fsp3) is 0.538. The Labute approximate surface area is 113 Å². The van der Waals surface area contributed by atoms with Crippen molar-refractivity contribution in [1.82, 2.24) is 5.32 Å². The lowest BCUT2D eigenvalue weighted by molar-refractivity contribution is 0.145. The maximum atomic E-state index is 5.91. The van der Waals surface area contributed by atoms with E-state index in [9.17, 15) is 0 Å². The zero-order chi connectivity index (χ0) is 12.3. The van der Waals surface area contributed by atoms with Crippen molar-refractivity contribution in [3.8, 4) is 0 Å². The maximum absolute atomic E-state index is 5.91. The number of hydrogen-bond donors (Lipinski definition) is 1. The molecule has 0 saturated carbocycles. The van der Waals surface area contributed by atoms with Crippen molar-refractivity contribution in [3.63, 3.8) is 0 Å². The highest BCUT2D eigenvalue weighted by Gasteiger charge is 1.95. The first-order valence-corrected chi connectivity index (χ1v) is 7.36. The Morgan fingerprint density at radius 1 is 1.35 bits per heavy atom. The number of hydrogen-bond acceptors (Lipinski definition) is 3. The second kappa shape index (κ2) is 9.77. The molecule has 1 aromatic carbocycles. The molecule has 1 rings (SSSR count). The van der Waals surface area contributed by atoms with Gasteiger partial charge in [-0.2, -0.15) is 0 Å². The SMILES string of the molecule is CCOCCCNCCSc1cccc(Cl)c1. The first-order valence-electron chi connectivity index (χ1n) is 5.99. The third kappa shape index (κ3) is 7.66. The molecule has 0 aliphatic rings. The van der Waals surface area contributed by atoms with Gasteiger partial charge >= 0.3 is 0 Å². The van der Waals surface area contributed by atoms with Gasteiger partial charge in [0, 0.05) is 35.4 Å². The highest BCUT2D eigenvalue weighted by Crippen LogP contribution is 2.20. The first-order chi connectivity index (χ1) is 8.33. The molecule has 17 heavy (non-hydrogen) atoms. The van der Waals surface area contributed by atoms with E-state index in [-0.39, 0.29) is 0 Å². The lowest BCUT2D eigenvalue weighted by atomic mass is 10.4. The summed E-state index contributed by atoms with van der Waals surface area (Å²) >= 11 is 7.74. The summed E-state index contributed by atoms with van der Waals surface area (Å²) in [7, 11) is 0. The van der Waals surface area contributed by atoms with Gasteiger partial charge in [-0.1, -0.05) is 17.7 Å². The summed E-state index contributed by atoms with van der Waals surface area (Å²) in [5.41, 5.74) is 0. The van der Waals surface area contributed by atoms with Gasteiger partial charge in [0.25, 0.3) is 0 Å². The van der Waals surface area contributed by atoms with Crippen LogP contribution in [0.4, 0.5) is 0 Å². The van der Waals surface area contributed by atoms with E-state index in [2.05, 4.69) is 11.4 Å². The second-order valence-corrected chi connectivity index (χ2v) is 5.21. The summed E-state index contributed by atoms with van der Waals surface area (Å²) in [6.45, 7) is 5.73. The molecule has 1 aromatic rings. The van der Waals surface area contributed by atoms with Gasteiger partial charge < -0.3 is 10.1 Å². The summed E-state index contributed by atoms with van der Waals surface area (Å²) in [4.78, 5) is 1.23. The zero-order valence-corrected chi connectivity index (χ0v) is 11.8. The molecule has 2 nitrogen and oxygen atoms in total. The van der Waals surface area contributed by atoms with Gasteiger partial charge in [0.2, 0.25) is 0 Å². The number of rotatable bonds is 9. The molecule has 0 aliphatic carbocycles. The maximum Gasteiger partial charge on any atom is 0.0477 e. The Balaban J connectivity index is 1.97. The van der Waals surface area contributed by atoms with E-state index in [0.717, 1.165) is 43.5 Å². The largest absolute Gasteiger partial charge is 0.382 e. The predicted octanol–water partition coefficient (Wildman–Crippen LogP) is 3.45. The van der Waals surface area contributed by atoms with Crippen LogP contribution in [0.25, 0.3) is 0 Å². The Bertz CT molecular complexity index is 309. The Kier molecular flexibility index (Phi) is 8.53. The van der Waals surface area contributed by atoms with Crippen molar-refractivity contribution < 1.29 is 4.74 Å². The first kappa shape index (κ1) is 14.8. The number of nitrogens with one attached hydrogen (secondary N) is 1. The van der Waals surface area contributed by atoms with Crippen molar-refractivity contribution in [1.29, 1.82) is 0 Å². The van der Waals surface area contributed by atoms with Gasteiger partial charge in [0.05, 0.1) is 0 Å². The van der Waals surface area contributed by atoms with E-state index in [4.69, 9.17) is 16.3 Å². The molecular formula is C13H20ClNOS. The third-order valence-corrected chi connectivity index (χ3v) is 3.42. The Morgan fingerprint density at radius 2 is 2.24 bits per heavy atom. The Morgan fingerprint density at radius 3 is 3.00 bits per heavy atom. The molecule has 0 aliphatic heterocycles. The van der Waals surface area contributed by atoms with Gasteiger partial charge in [-0.3, -0.25) is 0 Å². The normalized spacial score (nSPS) is 10.7. The van der Waals surface area contributed by atoms with Crippen LogP contribution in [0.5, 0.6) is 0 Å². The van der Waals surface area contributed by atoms with Crippen LogP contribution in [-0.4, -0.2) is 32.1 Å². The van der Waals surface area contributed by atoms with E-state index >= 15 is 0 Å². The molecule has 0 aromatic heterocycles. The van der Waals surface area contributed by atoms with Crippen molar-refractivity contribution in [2.24, 2.45) is 0 Å². The molecule has 96 valence electrons. The van der Waals surface area contributed by atoms with Gasteiger partial charge in [0.1, 0.15) is 0 Å². The average molecular weight is 274 g/mol. The molecule has 4 heteroatoms. The molecule has 0 bridgehead atoms. The van der Waals surface area contributed by atoms with E-state index in [1.54, 1.807) is 0 Å².